The topological polar surface area (TPSA) is 108 Å². The van der Waals surface area contributed by atoms with Gasteiger partial charge in [0.2, 0.25) is 5.91 Å². The number of urea groups is 1. The minimum atomic E-state index is -1.06. The Bertz CT molecular complexity index is 555. The molecule has 114 valence electrons. The highest BCUT2D eigenvalue weighted by Crippen LogP contribution is 2.18. The quantitative estimate of drug-likeness (QED) is 0.657. The van der Waals surface area contributed by atoms with Crippen LogP contribution in [0.25, 0.3) is 0 Å². The highest BCUT2D eigenvalue weighted by molar-refractivity contribution is 5.96. The van der Waals surface area contributed by atoms with Crippen molar-refractivity contribution in [2.75, 3.05) is 11.9 Å². The van der Waals surface area contributed by atoms with Crippen molar-refractivity contribution in [1.29, 1.82) is 0 Å². The second-order valence-electron chi connectivity index (χ2n) is 4.81. The average molecular weight is 293 g/mol. The fourth-order valence-corrected chi connectivity index (χ4v) is 1.70. The molecule has 0 saturated carbocycles. The summed E-state index contributed by atoms with van der Waals surface area (Å²) in [7, 11) is 0. The SMILES string of the molecule is Cc1c(NC(=O)NCC(=O)NC(C)C)cccc1C(=O)O. The van der Waals surface area contributed by atoms with Crippen molar-refractivity contribution >= 4 is 23.6 Å². The molecular weight excluding hydrogens is 274 g/mol. The summed E-state index contributed by atoms with van der Waals surface area (Å²) in [6.07, 6.45) is 0. The normalized spacial score (nSPS) is 10.1. The van der Waals surface area contributed by atoms with Gasteiger partial charge in [0, 0.05) is 11.7 Å². The number of hydrogen-bond donors (Lipinski definition) is 4. The van der Waals surface area contributed by atoms with E-state index in [4.69, 9.17) is 5.11 Å². The Kier molecular flexibility index (Phi) is 5.71. The summed E-state index contributed by atoms with van der Waals surface area (Å²) in [6.45, 7) is 5.09. The fourth-order valence-electron chi connectivity index (χ4n) is 1.70. The predicted molar refractivity (Wildman–Crippen MR) is 78.4 cm³/mol. The van der Waals surface area contributed by atoms with E-state index in [-0.39, 0.29) is 24.1 Å². The van der Waals surface area contributed by atoms with Crippen molar-refractivity contribution < 1.29 is 19.5 Å². The van der Waals surface area contributed by atoms with E-state index in [1.54, 1.807) is 13.0 Å². The van der Waals surface area contributed by atoms with Crippen LogP contribution in [0.3, 0.4) is 0 Å². The Morgan fingerprint density at radius 2 is 1.90 bits per heavy atom. The molecule has 7 nitrogen and oxygen atoms in total. The zero-order valence-corrected chi connectivity index (χ0v) is 12.2. The predicted octanol–water partition coefficient (Wildman–Crippen LogP) is 1.34. The zero-order valence-electron chi connectivity index (χ0n) is 12.2. The summed E-state index contributed by atoms with van der Waals surface area (Å²) in [5.74, 6) is -1.36. The van der Waals surface area contributed by atoms with Crippen LogP contribution in [0.15, 0.2) is 18.2 Å². The summed E-state index contributed by atoms with van der Waals surface area (Å²) in [6, 6.07) is 4.01. The summed E-state index contributed by atoms with van der Waals surface area (Å²) in [5, 5.41) is 16.6. The van der Waals surface area contributed by atoms with Crippen LogP contribution >= 0.6 is 0 Å². The smallest absolute Gasteiger partial charge is 0.336 e. The molecule has 1 rings (SSSR count). The molecule has 1 aromatic carbocycles. The molecule has 0 fully saturated rings. The summed E-state index contributed by atoms with van der Waals surface area (Å²) in [5.41, 5.74) is 0.953. The number of nitrogens with one attached hydrogen (secondary N) is 3. The summed E-state index contributed by atoms with van der Waals surface area (Å²) >= 11 is 0. The van der Waals surface area contributed by atoms with E-state index >= 15 is 0 Å². The van der Waals surface area contributed by atoms with Gasteiger partial charge in [0.15, 0.2) is 0 Å². The number of aromatic carboxylic acids is 1. The maximum absolute atomic E-state index is 11.7. The third-order valence-corrected chi connectivity index (χ3v) is 2.67. The van der Waals surface area contributed by atoms with E-state index in [0.29, 0.717) is 11.3 Å². The van der Waals surface area contributed by atoms with Gasteiger partial charge < -0.3 is 21.1 Å². The molecule has 3 amide bonds. The van der Waals surface area contributed by atoms with Gasteiger partial charge in [0.1, 0.15) is 0 Å². The highest BCUT2D eigenvalue weighted by atomic mass is 16.4. The van der Waals surface area contributed by atoms with Crippen molar-refractivity contribution in [2.24, 2.45) is 0 Å². The Labute approximate surface area is 122 Å². The van der Waals surface area contributed by atoms with Crippen LogP contribution in [0, 0.1) is 6.92 Å². The number of anilines is 1. The maximum Gasteiger partial charge on any atom is 0.336 e. The molecule has 0 spiro atoms. The molecule has 0 bridgehead atoms. The van der Waals surface area contributed by atoms with Gasteiger partial charge in [-0.3, -0.25) is 4.79 Å². The lowest BCUT2D eigenvalue weighted by atomic mass is 10.1. The molecule has 4 N–H and O–H groups in total. The molecule has 0 aliphatic carbocycles. The average Bonchev–Trinajstić information content (AvgIpc) is 2.37. The number of carbonyl (C=O) groups is 3. The van der Waals surface area contributed by atoms with Crippen molar-refractivity contribution in [3.05, 3.63) is 29.3 Å². The molecule has 0 radical (unpaired) electrons. The van der Waals surface area contributed by atoms with Gasteiger partial charge in [-0.2, -0.15) is 0 Å². The largest absolute Gasteiger partial charge is 0.478 e. The van der Waals surface area contributed by atoms with Crippen LogP contribution < -0.4 is 16.0 Å². The summed E-state index contributed by atoms with van der Waals surface area (Å²) < 4.78 is 0. The number of carboxylic acids is 1. The minimum absolute atomic E-state index is 0.00291. The van der Waals surface area contributed by atoms with E-state index in [1.807, 2.05) is 13.8 Å². The lowest BCUT2D eigenvalue weighted by Gasteiger charge is -2.12. The second kappa shape index (κ2) is 7.28. The van der Waals surface area contributed by atoms with Gasteiger partial charge in [-0.1, -0.05) is 6.07 Å². The third kappa shape index (κ3) is 5.13. The first-order chi connectivity index (χ1) is 9.81. The Morgan fingerprint density at radius 3 is 2.48 bits per heavy atom. The third-order valence-electron chi connectivity index (χ3n) is 2.67. The van der Waals surface area contributed by atoms with Crippen molar-refractivity contribution in [3.8, 4) is 0 Å². The summed E-state index contributed by atoms with van der Waals surface area (Å²) in [4.78, 5) is 34.1. The lowest BCUT2D eigenvalue weighted by Crippen LogP contribution is -2.41. The van der Waals surface area contributed by atoms with Crippen LogP contribution in [0.1, 0.15) is 29.8 Å². The Morgan fingerprint density at radius 1 is 1.24 bits per heavy atom. The van der Waals surface area contributed by atoms with Crippen LogP contribution in [0.4, 0.5) is 10.5 Å². The van der Waals surface area contributed by atoms with Gasteiger partial charge in [-0.15, -0.1) is 0 Å². The van der Waals surface area contributed by atoms with Gasteiger partial charge in [0.05, 0.1) is 12.1 Å². The molecule has 0 atom stereocenters. The van der Waals surface area contributed by atoms with E-state index in [1.165, 1.54) is 12.1 Å². The number of hydrogen-bond acceptors (Lipinski definition) is 3. The molecule has 0 saturated heterocycles. The maximum atomic E-state index is 11.7. The molecule has 0 unspecified atom stereocenters. The first-order valence-electron chi connectivity index (χ1n) is 6.48. The number of carboxylic acid groups (broad SMARTS) is 1. The molecule has 1 aromatic rings. The lowest BCUT2D eigenvalue weighted by molar-refractivity contribution is -0.120. The van der Waals surface area contributed by atoms with Gasteiger partial charge in [-0.05, 0) is 38.5 Å². The zero-order chi connectivity index (χ0) is 16.0. The number of amides is 3. The van der Waals surface area contributed by atoms with E-state index in [2.05, 4.69) is 16.0 Å². The Hall–Kier alpha value is -2.57. The van der Waals surface area contributed by atoms with Crippen LogP contribution in [-0.2, 0) is 4.79 Å². The Balaban J connectivity index is 2.62. The molecule has 0 aliphatic rings. The van der Waals surface area contributed by atoms with Gasteiger partial charge in [-0.25, -0.2) is 9.59 Å². The first-order valence-corrected chi connectivity index (χ1v) is 6.48. The molecule has 0 aliphatic heterocycles. The van der Waals surface area contributed by atoms with E-state index < -0.39 is 12.0 Å². The first kappa shape index (κ1) is 16.5. The molecule has 7 heteroatoms. The fraction of sp³-hybridized carbons (Fsp3) is 0.357. The standard InChI is InChI=1S/C14H19N3O4/c1-8(2)16-12(18)7-15-14(21)17-11-6-4-5-10(9(11)3)13(19)20/h4-6,8H,7H2,1-3H3,(H,16,18)(H,19,20)(H2,15,17,21). The number of carbonyl (C=O) groups excluding carboxylic acids is 2. The molecule has 0 aromatic heterocycles. The second-order valence-corrected chi connectivity index (χ2v) is 4.81. The van der Waals surface area contributed by atoms with Crippen molar-refractivity contribution in [1.82, 2.24) is 10.6 Å². The van der Waals surface area contributed by atoms with Gasteiger partial charge >= 0.3 is 12.0 Å². The van der Waals surface area contributed by atoms with Crippen LogP contribution in [-0.4, -0.2) is 35.6 Å². The molecule has 21 heavy (non-hydrogen) atoms. The number of benzene rings is 1. The highest BCUT2D eigenvalue weighted by Gasteiger charge is 2.12. The van der Waals surface area contributed by atoms with Crippen LogP contribution in [0.2, 0.25) is 0 Å². The minimum Gasteiger partial charge on any atom is -0.478 e. The van der Waals surface area contributed by atoms with E-state index in [0.717, 1.165) is 0 Å². The van der Waals surface area contributed by atoms with Crippen molar-refractivity contribution in [3.63, 3.8) is 0 Å². The van der Waals surface area contributed by atoms with Crippen molar-refractivity contribution in [2.45, 2.75) is 26.8 Å². The van der Waals surface area contributed by atoms with Crippen LogP contribution in [0.5, 0.6) is 0 Å². The van der Waals surface area contributed by atoms with E-state index in [9.17, 15) is 14.4 Å². The van der Waals surface area contributed by atoms with Gasteiger partial charge in [0.25, 0.3) is 0 Å². The number of rotatable bonds is 5. The monoisotopic (exact) mass is 293 g/mol. The molecule has 0 heterocycles. The molecular formula is C14H19N3O4.